The maximum Gasteiger partial charge on any atom is 0.335 e. The number of carboxylic acids is 4. The van der Waals surface area contributed by atoms with Gasteiger partial charge in [-0.15, -0.1) is 0 Å². The van der Waals surface area contributed by atoms with Crippen LogP contribution in [-0.4, -0.2) is 69.0 Å². The summed E-state index contributed by atoms with van der Waals surface area (Å²) in [6, 6.07) is 6.47. The van der Waals surface area contributed by atoms with Crippen molar-refractivity contribution in [3.63, 3.8) is 0 Å². The molecule has 0 unspecified atom stereocenters. The maximum absolute atomic E-state index is 11.6. The average Bonchev–Trinajstić information content (AvgIpc) is 3.29. The lowest BCUT2D eigenvalue weighted by Crippen LogP contribution is -2.15. The highest BCUT2D eigenvalue weighted by atomic mass is 16.4. The lowest BCUT2D eigenvalue weighted by Gasteiger charge is -2.15. The molecule has 0 spiro atoms. The van der Waals surface area contributed by atoms with E-state index in [4.69, 9.17) is 11.3 Å². The predicted octanol–water partition coefficient (Wildman–Crippen LogP) is 3.88. The van der Waals surface area contributed by atoms with E-state index in [-0.39, 0.29) is 63.0 Å². The van der Waals surface area contributed by atoms with Crippen LogP contribution >= 0.6 is 0 Å². The number of aromatic nitrogens is 5. The largest absolute Gasteiger partial charge is 0.478 e. The fourth-order valence-electron chi connectivity index (χ4n) is 3.91. The van der Waals surface area contributed by atoms with Gasteiger partial charge in [0.15, 0.2) is 11.5 Å². The van der Waals surface area contributed by atoms with Crippen molar-refractivity contribution in [1.82, 2.24) is 24.7 Å². The molecule has 0 aliphatic heterocycles. The second-order valence-corrected chi connectivity index (χ2v) is 10.2. The molecule has 0 fully saturated rings. The summed E-state index contributed by atoms with van der Waals surface area (Å²) in [5.74, 6) is -6.50. The minimum atomic E-state index is -1.40. The van der Waals surface area contributed by atoms with Gasteiger partial charge in [0.2, 0.25) is 11.9 Å². The summed E-state index contributed by atoms with van der Waals surface area (Å²) in [5.41, 5.74) is 12.1. The molecule has 9 N–H and O–H groups in total. The van der Waals surface area contributed by atoms with E-state index in [1.165, 1.54) is 0 Å². The van der Waals surface area contributed by atoms with Crippen LogP contribution in [0.25, 0.3) is 5.95 Å². The van der Waals surface area contributed by atoms with Crippen LogP contribution in [0.4, 0.5) is 34.8 Å². The minimum absolute atomic E-state index is 0.0305. The fourth-order valence-corrected chi connectivity index (χ4v) is 3.91. The summed E-state index contributed by atoms with van der Waals surface area (Å²) < 4.78 is 1.07. The number of anilines is 5. The van der Waals surface area contributed by atoms with Crippen molar-refractivity contribution in [2.75, 3.05) is 16.4 Å². The van der Waals surface area contributed by atoms with E-state index in [0.29, 0.717) is 5.69 Å². The normalized spacial score (nSPS) is 11.1. The number of nitrogen functional groups attached to an aromatic ring is 1. The number of nitrogens with zero attached hydrogens (tertiary/aromatic N) is 6. The quantitative estimate of drug-likeness (QED) is 0.119. The van der Waals surface area contributed by atoms with Crippen LogP contribution in [0.3, 0.4) is 0 Å². The van der Waals surface area contributed by atoms with Crippen molar-refractivity contribution in [2.24, 2.45) is 5.11 Å². The van der Waals surface area contributed by atoms with Gasteiger partial charge in [-0.1, -0.05) is 20.8 Å². The molecule has 18 nitrogen and oxygen atoms in total. The van der Waals surface area contributed by atoms with Crippen molar-refractivity contribution in [3.8, 4) is 5.95 Å². The molecule has 0 saturated heterocycles. The van der Waals surface area contributed by atoms with Gasteiger partial charge in [-0.3, -0.25) is 0 Å². The van der Waals surface area contributed by atoms with Gasteiger partial charge in [0.25, 0.3) is 5.95 Å². The van der Waals surface area contributed by atoms with Crippen molar-refractivity contribution in [3.05, 3.63) is 64.3 Å². The third kappa shape index (κ3) is 6.38. The molecule has 226 valence electrons. The van der Waals surface area contributed by atoms with E-state index >= 15 is 0 Å². The van der Waals surface area contributed by atoms with Crippen LogP contribution in [0.5, 0.6) is 0 Å². The Kier molecular flexibility index (Phi) is 7.92. The predicted molar refractivity (Wildman–Crippen MR) is 152 cm³/mol. The topological polar surface area (TPSA) is 292 Å². The minimum Gasteiger partial charge on any atom is -0.478 e. The molecule has 4 rings (SSSR count). The van der Waals surface area contributed by atoms with E-state index in [1.54, 1.807) is 0 Å². The Morgan fingerprint density at radius 3 is 1.43 bits per heavy atom. The lowest BCUT2D eigenvalue weighted by atomic mass is 9.91. The molecule has 4 aromatic rings. The highest BCUT2D eigenvalue weighted by Crippen LogP contribution is 2.36. The van der Waals surface area contributed by atoms with E-state index < -0.39 is 29.3 Å². The monoisotopic (exact) mass is 604 g/mol. The van der Waals surface area contributed by atoms with Gasteiger partial charge in [-0.25, -0.2) is 24.7 Å². The zero-order valence-corrected chi connectivity index (χ0v) is 23.1. The molecule has 2 aromatic carbocycles. The zero-order valence-electron chi connectivity index (χ0n) is 23.1. The summed E-state index contributed by atoms with van der Waals surface area (Å²) in [7, 11) is 0. The number of carbonyl (C=O) groups is 4. The third-order valence-electron chi connectivity index (χ3n) is 5.90. The van der Waals surface area contributed by atoms with Gasteiger partial charge in [-0.2, -0.15) is 29.8 Å². The molecule has 0 aliphatic rings. The molecule has 2 aromatic heterocycles. The first-order valence-corrected chi connectivity index (χ1v) is 12.4. The first kappa shape index (κ1) is 30.5. The SMILES string of the molecule is CC(C)(C)c1nn(-c2nc(Nc3cc(C(=O)O)cc(C(=O)O)c3)nc(Nc3cc(C(=O)O)cc(C(=O)O)c3)n2)c(N)c1N=N. The Balaban J connectivity index is 1.91. The standard InChI is InChI=1S/C26H24N10O8/c1-26(2,3)17-16(34-28)18(27)36(35-17)25-32-23(29-14-6-10(19(37)38)4-11(7-14)20(39)40)31-24(33-25)30-15-8-12(21(41)42)5-13(9-15)22(43)44/h4-9,28H,27H2,1-3H3,(H,37,38)(H,39,40)(H,41,42)(H,43,44)(H2,29,30,31,32,33). The molecule has 0 saturated carbocycles. The first-order valence-electron chi connectivity index (χ1n) is 12.4. The molecule has 0 amide bonds. The number of carboxylic acid groups (broad SMARTS) is 4. The Labute approximate surface area is 246 Å². The van der Waals surface area contributed by atoms with Crippen molar-refractivity contribution < 1.29 is 39.6 Å². The van der Waals surface area contributed by atoms with Crippen LogP contribution in [0.1, 0.15) is 67.9 Å². The molecule has 0 bridgehead atoms. The number of benzene rings is 2. The van der Waals surface area contributed by atoms with E-state index in [0.717, 1.165) is 41.1 Å². The molecule has 0 radical (unpaired) electrons. The van der Waals surface area contributed by atoms with Gasteiger partial charge in [0.05, 0.1) is 27.9 Å². The lowest BCUT2D eigenvalue weighted by molar-refractivity contribution is 0.0676. The van der Waals surface area contributed by atoms with Crippen LogP contribution in [0.15, 0.2) is 41.5 Å². The van der Waals surface area contributed by atoms with Gasteiger partial charge < -0.3 is 36.8 Å². The summed E-state index contributed by atoms with van der Waals surface area (Å²) in [4.78, 5) is 59.2. The molecule has 44 heavy (non-hydrogen) atoms. The Bertz CT molecular complexity index is 1700. The van der Waals surface area contributed by atoms with Crippen LogP contribution in [0, 0.1) is 5.53 Å². The molecular formula is C26H24N10O8. The summed E-state index contributed by atoms with van der Waals surface area (Å²) >= 11 is 0. The van der Waals surface area contributed by atoms with Crippen molar-refractivity contribution in [2.45, 2.75) is 26.2 Å². The zero-order chi connectivity index (χ0) is 32.5. The van der Waals surface area contributed by atoms with E-state index in [9.17, 15) is 39.6 Å². The Morgan fingerprint density at radius 2 is 1.14 bits per heavy atom. The smallest absolute Gasteiger partial charge is 0.335 e. The number of hydrogen-bond acceptors (Lipinski definition) is 13. The number of rotatable bonds is 10. The molecule has 0 aliphatic carbocycles. The molecule has 18 heteroatoms. The average molecular weight is 605 g/mol. The molecule has 0 atom stereocenters. The van der Waals surface area contributed by atoms with Gasteiger partial charge in [0, 0.05) is 16.8 Å². The second-order valence-electron chi connectivity index (χ2n) is 10.2. The van der Waals surface area contributed by atoms with Crippen LogP contribution < -0.4 is 16.4 Å². The summed E-state index contributed by atoms with van der Waals surface area (Å²) in [6.45, 7) is 5.43. The maximum atomic E-state index is 11.6. The van der Waals surface area contributed by atoms with Crippen LogP contribution in [-0.2, 0) is 5.41 Å². The second kappa shape index (κ2) is 11.4. The van der Waals surface area contributed by atoms with Crippen LogP contribution in [0.2, 0.25) is 0 Å². The third-order valence-corrected chi connectivity index (χ3v) is 5.90. The highest BCUT2D eigenvalue weighted by Gasteiger charge is 2.28. The first-order chi connectivity index (χ1) is 20.6. The number of nitrogens with two attached hydrogens (primary N) is 1. The van der Waals surface area contributed by atoms with Crippen molar-refractivity contribution >= 4 is 58.7 Å². The highest BCUT2D eigenvalue weighted by molar-refractivity contribution is 5.96. The van der Waals surface area contributed by atoms with Gasteiger partial charge in [0.1, 0.15) is 0 Å². The van der Waals surface area contributed by atoms with E-state index in [2.05, 4.69) is 35.8 Å². The Morgan fingerprint density at radius 1 is 0.750 bits per heavy atom. The molecule has 2 heterocycles. The van der Waals surface area contributed by atoms with E-state index in [1.807, 2.05) is 20.8 Å². The number of nitrogens with one attached hydrogen (secondary N) is 3. The molecular weight excluding hydrogens is 580 g/mol. The number of aromatic carboxylic acids is 4. The number of hydrogen-bond donors (Lipinski definition) is 8. The fraction of sp³-hybridized carbons (Fsp3) is 0.154. The van der Waals surface area contributed by atoms with Crippen molar-refractivity contribution in [1.29, 1.82) is 5.53 Å². The summed E-state index contributed by atoms with van der Waals surface area (Å²) in [6.07, 6.45) is 0. The summed E-state index contributed by atoms with van der Waals surface area (Å²) in [5, 5.41) is 51.1. The van der Waals surface area contributed by atoms with Gasteiger partial charge >= 0.3 is 23.9 Å². The Hall–Kier alpha value is -6.46. The van der Waals surface area contributed by atoms with Gasteiger partial charge in [-0.05, 0) is 36.4 Å².